The van der Waals surface area contributed by atoms with Gasteiger partial charge in [-0.2, -0.15) is 0 Å². The number of hydrogen-bond acceptors (Lipinski definition) is 3. The first-order valence-electron chi connectivity index (χ1n) is 38.2. The van der Waals surface area contributed by atoms with E-state index in [1.165, 1.54) is 114 Å². The minimum Gasteiger partial charge on any atom is -0.456 e. The van der Waals surface area contributed by atoms with Crippen LogP contribution in [0.4, 0.5) is 0 Å². The molecule has 111 heavy (non-hydrogen) atoms. The van der Waals surface area contributed by atoms with Gasteiger partial charge in [-0.15, -0.1) is 0 Å². The van der Waals surface area contributed by atoms with Crippen LogP contribution < -0.4 is 0 Å². The van der Waals surface area contributed by atoms with Crippen LogP contribution in [0.15, 0.2) is 389 Å². The number of hydrogen-bond donors (Lipinski definition) is 0. The predicted octanol–water partition coefficient (Wildman–Crippen LogP) is 31.1. The summed E-state index contributed by atoms with van der Waals surface area (Å²) in [5, 5.41) is 29.0. The Labute approximate surface area is 636 Å². The molecule has 512 valence electrons. The van der Waals surface area contributed by atoms with Crippen LogP contribution in [0.1, 0.15) is 0 Å². The summed E-state index contributed by atoms with van der Waals surface area (Å²) in [7, 11) is 0. The number of furan rings is 3. The first kappa shape index (κ1) is 61.5. The third kappa shape index (κ3) is 9.46. The molecule has 0 atom stereocenters. The minimum absolute atomic E-state index is 0.803. The van der Waals surface area contributed by atoms with Crippen molar-refractivity contribution in [3.05, 3.63) is 376 Å². The molecule has 0 bridgehead atoms. The molecule has 0 radical (unpaired) electrons. The molecule has 0 aliphatic carbocycles. The average molecular weight is 1410 g/mol. The summed E-state index contributed by atoms with van der Waals surface area (Å²) in [6.07, 6.45) is 0. The molecule has 0 aliphatic rings. The van der Waals surface area contributed by atoms with Crippen molar-refractivity contribution >= 4 is 163 Å². The van der Waals surface area contributed by atoms with Gasteiger partial charge in [0.15, 0.2) is 0 Å². The van der Waals surface area contributed by atoms with E-state index in [4.69, 9.17) is 13.3 Å². The zero-order chi connectivity index (χ0) is 72.5. The molecule has 0 N–H and O–H groups in total. The largest absolute Gasteiger partial charge is 0.456 e. The van der Waals surface area contributed by atoms with Gasteiger partial charge in [0, 0.05) is 43.4 Å². The molecule has 21 aromatic carbocycles. The Hall–Kier alpha value is -14.6. The molecule has 0 saturated heterocycles. The van der Waals surface area contributed by atoms with E-state index in [-0.39, 0.29) is 0 Å². The quantitative estimate of drug-likeness (QED) is 0.142. The monoisotopic (exact) mass is 1410 g/mol. The molecule has 0 fully saturated rings. The lowest BCUT2D eigenvalue weighted by atomic mass is 9.89. The van der Waals surface area contributed by atoms with Gasteiger partial charge in [-0.3, -0.25) is 0 Å². The topological polar surface area (TPSA) is 39.4 Å². The van der Waals surface area contributed by atoms with Crippen molar-refractivity contribution in [2.45, 2.75) is 0 Å². The average Bonchev–Trinajstić information content (AvgIpc) is 1.49. The summed E-state index contributed by atoms with van der Waals surface area (Å²) in [4.78, 5) is 0. The maximum atomic E-state index is 7.55. The fourth-order valence-electron chi connectivity index (χ4n) is 18.7. The van der Waals surface area contributed by atoms with E-state index < -0.39 is 0 Å². The van der Waals surface area contributed by atoms with Crippen LogP contribution in [0.5, 0.6) is 0 Å². The highest BCUT2D eigenvalue weighted by Gasteiger charge is 2.24. The van der Waals surface area contributed by atoms with Crippen molar-refractivity contribution in [2.75, 3.05) is 0 Å². The first-order valence-corrected chi connectivity index (χ1v) is 38.2. The number of fused-ring (bicyclic) bond motifs is 27. The van der Waals surface area contributed by atoms with Crippen LogP contribution in [0.25, 0.3) is 252 Å². The van der Waals surface area contributed by atoms with Gasteiger partial charge >= 0.3 is 0 Å². The summed E-state index contributed by atoms with van der Waals surface area (Å²) in [5.41, 5.74) is 23.0. The molecule has 0 amide bonds. The Morgan fingerprint density at radius 3 is 0.874 bits per heavy atom. The summed E-state index contributed by atoms with van der Waals surface area (Å²) in [6, 6.07) is 138. The van der Waals surface area contributed by atoms with E-state index in [9.17, 15) is 0 Å². The van der Waals surface area contributed by atoms with Gasteiger partial charge in [-0.1, -0.05) is 309 Å². The van der Waals surface area contributed by atoms with Crippen molar-refractivity contribution in [3.63, 3.8) is 0 Å². The molecular weight excluding hydrogens is 1350 g/mol. The normalized spacial score (nSPS) is 12.1. The molecule has 0 saturated carbocycles. The lowest BCUT2D eigenvalue weighted by Crippen LogP contribution is -1.88. The van der Waals surface area contributed by atoms with E-state index in [0.717, 1.165) is 138 Å². The van der Waals surface area contributed by atoms with Gasteiger partial charge in [0.1, 0.15) is 33.5 Å². The van der Waals surface area contributed by atoms with Crippen molar-refractivity contribution in [2.24, 2.45) is 0 Å². The van der Waals surface area contributed by atoms with Gasteiger partial charge in [0.2, 0.25) is 0 Å². The Morgan fingerprint density at radius 1 is 0.117 bits per heavy atom. The van der Waals surface area contributed by atoms with E-state index in [1.807, 2.05) is 18.2 Å². The molecule has 3 nitrogen and oxygen atoms in total. The fraction of sp³-hybridized carbons (Fsp3) is 0. The van der Waals surface area contributed by atoms with Crippen molar-refractivity contribution in [1.82, 2.24) is 0 Å². The second-order valence-electron chi connectivity index (χ2n) is 30.0. The van der Waals surface area contributed by atoms with Gasteiger partial charge < -0.3 is 13.3 Å². The number of rotatable bonds is 8. The molecule has 3 aromatic heterocycles. The number of benzene rings is 21. The van der Waals surface area contributed by atoms with E-state index in [2.05, 4.69) is 358 Å². The smallest absolute Gasteiger partial charge is 0.143 e. The lowest BCUT2D eigenvalue weighted by molar-refractivity contribution is 0.668. The van der Waals surface area contributed by atoms with Gasteiger partial charge in [0.05, 0.1) is 0 Å². The maximum absolute atomic E-state index is 7.55. The Balaban J connectivity index is 0.646. The third-order valence-corrected chi connectivity index (χ3v) is 24.1. The second kappa shape index (κ2) is 23.9. The Morgan fingerprint density at radius 2 is 0.405 bits per heavy atom. The summed E-state index contributed by atoms with van der Waals surface area (Å²) < 4.78 is 20.8. The van der Waals surface area contributed by atoms with Gasteiger partial charge in [-0.05, 0) is 242 Å². The predicted molar refractivity (Wildman–Crippen MR) is 469 cm³/mol. The van der Waals surface area contributed by atoms with Gasteiger partial charge in [0.25, 0.3) is 0 Å². The SMILES string of the molecule is c1ccc2c(c1)oc1cc(-c3ccc4c(c3)oc3c(-c5ccc6c7ccc(-c8ccc(-c9cccc%10c9oc9ccccc9%10)cc8)cc7c7ccccc7c6c5)ccc(-c5ccc(-c6ccc7c8ccccc8c8ccccc8c7c6)cc5)c34)c(-c3ccc(-c4ccc5c6ccccc6c6ccccc6c5c4)cc3)cc12. The van der Waals surface area contributed by atoms with Crippen molar-refractivity contribution in [1.29, 1.82) is 0 Å². The number of para-hydroxylation sites is 3. The second-order valence-corrected chi connectivity index (χ2v) is 30.0. The molecule has 24 rings (SSSR count). The summed E-state index contributed by atoms with van der Waals surface area (Å²) >= 11 is 0. The van der Waals surface area contributed by atoms with Crippen LogP contribution in [0.2, 0.25) is 0 Å². The molecule has 0 spiro atoms. The minimum atomic E-state index is 0.803. The van der Waals surface area contributed by atoms with Crippen LogP contribution in [0.3, 0.4) is 0 Å². The van der Waals surface area contributed by atoms with E-state index >= 15 is 0 Å². The molecule has 3 heteroatoms. The zero-order valence-corrected chi connectivity index (χ0v) is 60.0. The van der Waals surface area contributed by atoms with E-state index in [1.54, 1.807) is 0 Å². The molecule has 0 unspecified atom stereocenters. The zero-order valence-electron chi connectivity index (χ0n) is 60.0. The summed E-state index contributed by atoms with van der Waals surface area (Å²) in [6.45, 7) is 0. The lowest BCUT2D eigenvalue weighted by Gasteiger charge is -2.14. The van der Waals surface area contributed by atoms with Crippen LogP contribution >= 0.6 is 0 Å². The summed E-state index contributed by atoms with van der Waals surface area (Å²) in [5.74, 6) is 0. The van der Waals surface area contributed by atoms with Gasteiger partial charge in [-0.25, -0.2) is 0 Å². The van der Waals surface area contributed by atoms with E-state index in [0.29, 0.717) is 0 Å². The Kier molecular flexibility index (Phi) is 13.3. The molecule has 0 aliphatic heterocycles. The standard InChI is InChI=1S/C108H62O3/c1-3-20-81-77(16-1)79-18-5-7-22-83(79)97-56-69(44-49-87(81)97)63-32-38-66(39-33-63)74-54-55-76(72-47-52-90-89-51-46-71(58-99(89)85-24-9-10-25-86(85)100(90)59-72)64-34-40-67(41-35-64)75-28-15-29-93-91-26-11-14-31-103(91)110-107(75)93)108-106(74)94-53-48-73(60-104(94)111-108)96-62-105-101(92-27-12-13-30-102(92)109-105)61-95(96)68-42-36-65(37-43-68)70-45-50-88-82-21-4-2-17-78(82)80-19-6-8-23-84(80)98(88)57-70/h1-62H. The van der Waals surface area contributed by atoms with Crippen LogP contribution in [-0.4, -0.2) is 0 Å². The molecular formula is C108H62O3. The van der Waals surface area contributed by atoms with Crippen molar-refractivity contribution < 1.29 is 13.3 Å². The molecule has 24 aromatic rings. The first-order chi connectivity index (χ1) is 55.0. The highest BCUT2D eigenvalue weighted by molar-refractivity contribution is 6.29. The van der Waals surface area contributed by atoms with Crippen LogP contribution in [-0.2, 0) is 0 Å². The van der Waals surface area contributed by atoms with Crippen LogP contribution in [0, 0.1) is 0 Å². The third-order valence-electron chi connectivity index (χ3n) is 24.1. The van der Waals surface area contributed by atoms with Crippen molar-refractivity contribution in [3.8, 4) is 89.0 Å². The molecule has 3 heterocycles. The fourth-order valence-corrected chi connectivity index (χ4v) is 18.7. The Bertz CT molecular complexity index is 8020. The highest BCUT2D eigenvalue weighted by atomic mass is 16.3. The highest BCUT2D eigenvalue weighted by Crippen LogP contribution is 2.49. The maximum Gasteiger partial charge on any atom is 0.143 e.